The Morgan fingerprint density at radius 1 is 0.741 bits per heavy atom. The Bertz CT molecular complexity index is 756. The highest BCUT2D eigenvalue weighted by Crippen LogP contribution is 2.29. The van der Waals surface area contributed by atoms with Crippen LogP contribution in [0.25, 0.3) is 0 Å². The van der Waals surface area contributed by atoms with Crippen molar-refractivity contribution in [1.29, 1.82) is 0 Å². The minimum absolute atomic E-state index is 0.449. The molecule has 0 amide bonds. The van der Waals surface area contributed by atoms with Crippen molar-refractivity contribution in [2.75, 3.05) is 36.2 Å². The van der Waals surface area contributed by atoms with Crippen molar-refractivity contribution in [2.45, 2.75) is 34.4 Å². The molecule has 0 atom stereocenters. The summed E-state index contributed by atoms with van der Waals surface area (Å²) in [6, 6.07) is 0.898. The summed E-state index contributed by atoms with van der Waals surface area (Å²) in [5.41, 5.74) is 0. The lowest BCUT2D eigenvalue weighted by Gasteiger charge is -1.95. The first-order valence-corrected chi connectivity index (χ1v) is 11.1. The molecule has 0 radical (unpaired) electrons. The van der Waals surface area contributed by atoms with Gasteiger partial charge < -0.3 is 19.5 Å². The first-order valence-electron chi connectivity index (χ1n) is 8.36. The van der Waals surface area contributed by atoms with Gasteiger partial charge in [0.1, 0.15) is 0 Å². The summed E-state index contributed by atoms with van der Waals surface area (Å²) in [7, 11) is 3.51. The van der Waals surface area contributed by atoms with Crippen LogP contribution in [0.15, 0.2) is 17.5 Å². The van der Waals surface area contributed by atoms with Crippen molar-refractivity contribution in [2.24, 2.45) is 0 Å². The number of nitrogens with zero attached hydrogens (tertiary/aromatic N) is 6. The van der Waals surface area contributed by atoms with Crippen molar-refractivity contribution in [3.05, 3.63) is 11.8 Å². The normalized spacial score (nSPS) is 11.0. The summed E-state index contributed by atoms with van der Waals surface area (Å²) in [5, 5.41) is 29.8. The summed E-state index contributed by atoms with van der Waals surface area (Å²) in [6.07, 6.45) is 3.40. The van der Waals surface area contributed by atoms with Crippen molar-refractivity contribution in [3.8, 4) is 0 Å². The molecule has 0 aromatic carbocycles. The number of rotatable bonds is 12. The van der Waals surface area contributed by atoms with Crippen LogP contribution in [0.1, 0.15) is 24.6 Å². The van der Waals surface area contributed by atoms with Gasteiger partial charge in [0.25, 0.3) is 0 Å². The molecule has 13 heteroatoms. The minimum atomic E-state index is 0.449. The van der Waals surface area contributed by atoms with Crippen molar-refractivity contribution in [1.82, 2.24) is 30.6 Å². The van der Waals surface area contributed by atoms with Gasteiger partial charge in [0, 0.05) is 38.4 Å². The molecule has 0 bridgehead atoms. The van der Waals surface area contributed by atoms with Gasteiger partial charge in [-0.15, -0.1) is 20.4 Å². The number of hydrogen-bond acceptors (Lipinski definition) is 13. The summed E-state index contributed by atoms with van der Waals surface area (Å²) >= 11 is 5.02. The first kappa shape index (κ1) is 19.9. The summed E-state index contributed by atoms with van der Waals surface area (Å²) < 4.78 is 12.7. The van der Waals surface area contributed by atoms with Gasteiger partial charge in [0.2, 0.25) is 11.8 Å². The Balaban J connectivity index is 1.29. The Morgan fingerprint density at radius 3 is 1.63 bits per heavy atom. The molecule has 0 spiro atoms. The van der Waals surface area contributed by atoms with Gasteiger partial charge in [0.15, 0.2) is 8.68 Å². The molecule has 0 aliphatic heterocycles. The largest absolute Gasteiger partial charge is 0.408 e. The van der Waals surface area contributed by atoms with Crippen LogP contribution in [0.4, 0.5) is 12.0 Å². The molecule has 0 aliphatic rings. The lowest BCUT2D eigenvalue weighted by atomic mass is 10.3. The smallest absolute Gasteiger partial charge is 0.315 e. The maximum Gasteiger partial charge on any atom is 0.315 e. The Morgan fingerprint density at radius 2 is 1.22 bits per heavy atom. The molecule has 27 heavy (non-hydrogen) atoms. The standard InChI is InChI=1S/C14H20N8O2S3/c1-15-11-19-17-9(23-11)5-3-7-25-13-21-22-14(27-13)26-8-4-6-10-18-20-12(16-2)24-10/h3-8H2,1-2H3,(H,15,19)(H,16,20). The van der Waals surface area contributed by atoms with E-state index in [9.17, 15) is 0 Å². The molecule has 0 unspecified atom stereocenters. The fraction of sp³-hybridized carbons (Fsp3) is 0.571. The van der Waals surface area contributed by atoms with E-state index in [1.165, 1.54) is 0 Å². The maximum absolute atomic E-state index is 5.39. The monoisotopic (exact) mass is 428 g/mol. The minimum Gasteiger partial charge on any atom is -0.408 e. The van der Waals surface area contributed by atoms with E-state index in [1.807, 2.05) is 0 Å². The maximum atomic E-state index is 5.39. The van der Waals surface area contributed by atoms with E-state index in [0.29, 0.717) is 23.8 Å². The zero-order valence-corrected chi connectivity index (χ0v) is 17.4. The van der Waals surface area contributed by atoms with E-state index < -0.39 is 0 Å². The zero-order valence-electron chi connectivity index (χ0n) is 15.0. The molecular weight excluding hydrogens is 408 g/mol. The van der Waals surface area contributed by atoms with Crippen LogP contribution in [-0.2, 0) is 12.8 Å². The van der Waals surface area contributed by atoms with Gasteiger partial charge in [-0.3, -0.25) is 0 Å². The van der Waals surface area contributed by atoms with Crippen LogP contribution in [0.5, 0.6) is 0 Å². The van der Waals surface area contributed by atoms with Crippen molar-refractivity contribution < 1.29 is 8.83 Å². The van der Waals surface area contributed by atoms with E-state index in [-0.39, 0.29) is 0 Å². The fourth-order valence-electron chi connectivity index (χ4n) is 1.99. The van der Waals surface area contributed by atoms with Crippen molar-refractivity contribution >= 4 is 46.9 Å². The highest BCUT2D eigenvalue weighted by atomic mass is 32.2. The zero-order chi connectivity index (χ0) is 18.9. The molecule has 3 rings (SSSR count). The lowest BCUT2D eigenvalue weighted by molar-refractivity contribution is 0.503. The molecule has 2 N–H and O–H groups in total. The third kappa shape index (κ3) is 6.36. The highest BCUT2D eigenvalue weighted by molar-refractivity contribution is 8.03. The van der Waals surface area contributed by atoms with Crippen LogP contribution in [0.2, 0.25) is 0 Å². The molecule has 146 valence electrons. The summed E-state index contributed by atoms with van der Waals surface area (Å²) in [6.45, 7) is 0. The number of anilines is 2. The molecule has 0 aliphatic carbocycles. The second kappa shape index (κ2) is 10.5. The Kier molecular flexibility index (Phi) is 7.71. The number of thioether (sulfide) groups is 2. The van der Waals surface area contributed by atoms with Crippen LogP contribution in [-0.4, -0.2) is 56.2 Å². The van der Waals surface area contributed by atoms with E-state index in [2.05, 4.69) is 41.2 Å². The lowest BCUT2D eigenvalue weighted by Crippen LogP contribution is -1.88. The number of hydrogen-bond donors (Lipinski definition) is 2. The summed E-state index contributed by atoms with van der Waals surface area (Å²) in [4.78, 5) is 0. The molecule has 3 heterocycles. The third-order valence-electron chi connectivity index (χ3n) is 3.27. The Labute approximate surface area is 168 Å². The number of aromatic nitrogens is 6. The van der Waals surface area contributed by atoms with E-state index in [4.69, 9.17) is 8.83 Å². The molecular formula is C14H20N8O2S3. The molecule has 10 nitrogen and oxygen atoms in total. The van der Waals surface area contributed by atoms with Gasteiger partial charge in [-0.1, -0.05) is 45.1 Å². The molecule has 3 aromatic rings. The van der Waals surface area contributed by atoms with Crippen LogP contribution >= 0.6 is 34.9 Å². The topological polar surface area (TPSA) is 128 Å². The van der Waals surface area contributed by atoms with Gasteiger partial charge >= 0.3 is 12.0 Å². The van der Waals surface area contributed by atoms with E-state index >= 15 is 0 Å². The van der Waals surface area contributed by atoms with Crippen LogP contribution in [0.3, 0.4) is 0 Å². The van der Waals surface area contributed by atoms with Crippen LogP contribution < -0.4 is 10.6 Å². The van der Waals surface area contributed by atoms with Gasteiger partial charge in [-0.05, 0) is 12.8 Å². The van der Waals surface area contributed by atoms with Crippen LogP contribution in [0, 0.1) is 0 Å². The second-order valence-corrected chi connectivity index (χ2v) is 8.90. The SMILES string of the molecule is CNc1nnc(CCCSc2nnc(SCCCc3nnc(NC)o3)s2)o1. The fourth-order valence-corrected chi connectivity index (χ4v) is 5.03. The average molecular weight is 429 g/mol. The highest BCUT2D eigenvalue weighted by Gasteiger charge is 2.08. The molecule has 0 saturated carbocycles. The predicted molar refractivity (Wildman–Crippen MR) is 106 cm³/mol. The second-order valence-electron chi connectivity index (χ2n) is 5.24. The average Bonchev–Trinajstić information content (AvgIpc) is 3.43. The van der Waals surface area contributed by atoms with E-state index in [1.54, 1.807) is 49.0 Å². The number of nitrogens with one attached hydrogen (secondary N) is 2. The van der Waals surface area contributed by atoms with Crippen molar-refractivity contribution in [3.63, 3.8) is 0 Å². The van der Waals surface area contributed by atoms with Gasteiger partial charge in [-0.2, -0.15) is 0 Å². The molecule has 3 aromatic heterocycles. The Hall–Kier alpha value is -1.86. The van der Waals surface area contributed by atoms with Gasteiger partial charge in [0.05, 0.1) is 0 Å². The van der Waals surface area contributed by atoms with Gasteiger partial charge in [-0.25, -0.2) is 0 Å². The van der Waals surface area contributed by atoms with E-state index in [0.717, 1.165) is 45.9 Å². The summed E-state index contributed by atoms with van der Waals surface area (Å²) in [5.74, 6) is 3.16. The quantitative estimate of drug-likeness (QED) is 0.325. The number of aryl methyl sites for hydroxylation is 2. The third-order valence-corrected chi connectivity index (χ3v) is 6.63. The predicted octanol–water partition coefficient (Wildman–Crippen LogP) is 2.84. The molecule has 0 saturated heterocycles. The first-order chi connectivity index (χ1) is 13.3. The molecule has 0 fully saturated rings.